The van der Waals surface area contributed by atoms with Crippen LogP contribution in [0.15, 0.2) is 23.1 Å². The third kappa shape index (κ3) is 3.09. The zero-order chi connectivity index (χ0) is 13.9. The van der Waals surface area contributed by atoms with Crippen molar-refractivity contribution in [2.24, 2.45) is 0 Å². The van der Waals surface area contributed by atoms with Gasteiger partial charge in [-0.05, 0) is 31.4 Å². The maximum atomic E-state index is 12.7. The second-order valence-corrected chi connectivity index (χ2v) is 7.04. The lowest BCUT2D eigenvalue weighted by Gasteiger charge is -2.25. The molecule has 1 aromatic rings. The molecule has 2 N–H and O–H groups in total. The van der Waals surface area contributed by atoms with E-state index in [9.17, 15) is 8.42 Å². The van der Waals surface area contributed by atoms with Gasteiger partial charge in [-0.1, -0.05) is 31.4 Å². The molecule has 0 aliphatic carbocycles. The predicted octanol–water partition coefficient (Wildman–Crippen LogP) is 2.53. The van der Waals surface area contributed by atoms with Crippen LogP contribution in [0.3, 0.4) is 0 Å². The summed E-state index contributed by atoms with van der Waals surface area (Å²) in [5, 5.41) is 0. The summed E-state index contributed by atoms with van der Waals surface area (Å²) in [6.07, 6.45) is 5.29. The molecule has 0 saturated carbocycles. The SMILES string of the molecule is Cc1cccc(N)c1S(=O)(=O)N1CCCCCCC1. The Hall–Kier alpha value is -1.07. The van der Waals surface area contributed by atoms with Gasteiger partial charge in [0, 0.05) is 13.1 Å². The fourth-order valence-electron chi connectivity index (χ4n) is 2.62. The lowest BCUT2D eigenvalue weighted by molar-refractivity contribution is 0.364. The number of hydrogen-bond donors (Lipinski definition) is 1. The smallest absolute Gasteiger partial charge is 0.245 e. The highest BCUT2D eigenvalue weighted by atomic mass is 32.2. The predicted molar refractivity (Wildman–Crippen MR) is 77.4 cm³/mol. The Kier molecular flexibility index (Phi) is 4.47. The Balaban J connectivity index is 2.35. The normalized spacial score (nSPS) is 18.8. The van der Waals surface area contributed by atoms with Gasteiger partial charge < -0.3 is 5.73 Å². The molecule has 0 spiro atoms. The number of nitrogens with two attached hydrogens (primary N) is 1. The molecular weight excluding hydrogens is 260 g/mol. The van der Waals surface area contributed by atoms with E-state index in [1.165, 1.54) is 6.42 Å². The fraction of sp³-hybridized carbons (Fsp3) is 0.571. The fourth-order valence-corrected chi connectivity index (χ4v) is 4.45. The van der Waals surface area contributed by atoms with E-state index < -0.39 is 10.0 Å². The maximum absolute atomic E-state index is 12.7. The largest absolute Gasteiger partial charge is 0.398 e. The Bertz CT molecular complexity index is 512. The van der Waals surface area contributed by atoms with Crippen LogP contribution in [0.5, 0.6) is 0 Å². The van der Waals surface area contributed by atoms with Gasteiger partial charge in [-0.25, -0.2) is 8.42 Å². The van der Waals surface area contributed by atoms with Crippen LogP contribution in [-0.2, 0) is 10.0 Å². The number of nitrogens with zero attached hydrogens (tertiary/aromatic N) is 1. The highest BCUT2D eigenvalue weighted by Gasteiger charge is 2.27. The number of hydrogen-bond acceptors (Lipinski definition) is 3. The second-order valence-electron chi connectivity index (χ2n) is 5.17. The first-order valence-electron chi connectivity index (χ1n) is 6.89. The Morgan fingerprint density at radius 3 is 2.21 bits per heavy atom. The van der Waals surface area contributed by atoms with Gasteiger partial charge in [0.2, 0.25) is 10.0 Å². The topological polar surface area (TPSA) is 63.4 Å². The van der Waals surface area contributed by atoms with Crippen molar-refractivity contribution in [3.8, 4) is 0 Å². The van der Waals surface area contributed by atoms with Crippen molar-refractivity contribution in [1.29, 1.82) is 0 Å². The van der Waals surface area contributed by atoms with Crippen LogP contribution in [0.2, 0.25) is 0 Å². The van der Waals surface area contributed by atoms with E-state index in [-0.39, 0.29) is 4.90 Å². The third-order valence-electron chi connectivity index (χ3n) is 3.66. The van der Waals surface area contributed by atoms with Crippen molar-refractivity contribution < 1.29 is 8.42 Å². The van der Waals surface area contributed by atoms with Crippen LogP contribution in [0.1, 0.15) is 37.7 Å². The first kappa shape index (κ1) is 14.3. The number of rotatable bonds is 2. The summed E-state index contributed by atoms with van der Waals surface area (Å²) in [6, 6.07) is 5.24. The van der Waals surface area contributed by atoms with Gasteiger partial charge in [0.15, 0.2) is 0 Å². The van der Waals surface area contributed by atoms with Crippen LogP contribution in [0.25, 0.3) is 0 Å². The monoisotopic (exact) mass is 282 g/mol. The van der Waals surface area contributed by atoms with E-state index in [1.54, 1.807) is 29.4 Å². The molecule has 1 aromatic carbocycles. The minimum atomic E-state index is -3.45. The summed E-state index contributed by atoms with van der Waals surface area (Å²) in [6.45, 7) is 3.01. The minimum absolute atomic E-state index is 0.288. The number of sulfonamides is 1. The first-order valence-corrected chi connectivity index (χ1v) is 8.33. The van der Waals surface area contributed by atoms with Crippen molar-refractivity contribution in [3.63, 3.8) is 0 Å². The van der Waals surface area contributed by atoms with Crippen molar-refractivity contribution in [2.45, 2.75) is 43.9 Å². The quantitative estimate of drug-likeness (QED) is 0.848. The van der Waals surface area contributed by atoms with Gasteiger partial charge in [-0.2, -0.15) is 4.31 Å². The van der Waals surface area contributed by atoms with Gasteiger partial charge in [0.25, 0.3) is 0 Å². The van der Waals surface area contributed by atoms with Gasteiger partial charge in [-0.3, -0.25) is 0 Å². The summed E-state index contributed by atoms with van der Waals surface area (Å²) >= 11 is 0. The van der Waals surface area contributed by atoms with Gasteiger partial charge in [0.1, 0.15) is 4.90 Å². The van der Waals surface area contributed by atoms with Gasteiger partial charge in [0.05, 0.1) is 5.69 Å². The van der Waals surface area contributed by atoms with E-state index in [1.807, 2.05) is 0 Å². The molecule has 1 saturated heterocycles. The average molecular weight is 282 g/mol. The van der Waals surface area contributed by atoms with Crippen LogP contribution in [0, 0.1) is 6.92 Å². The molecule has 5 heteroatoms. The Morgan fingerprint density at radius 2 is 1.63 bits per heavy atom. The van der Waals surface area contributed by atoms with Crippen LogP contribution < -0.4 is 5.73 Å². The second kappa shape index (κ2) is 5.92. The molecule has 0 amide bonds. The van der Waals surface area contributed by atoms with Crippen LogP contribution in [0.4, 0.5) is 5.69 Å². The van der Waals surface area contributed by atoms with Crippen molar-refractivity contribution in [2.75, 3.05) is 18.8 Å². The molecule has 1 fully saturated rings. The molecule has 1 aliphatic heterocycles. The van der Waals surface area contributed by atoms with Gasteiger partial charge in [-0.15, -0.1) is 0 Å². The number of nitrogen functional groups attached to an aromatic ring is 1. The zero-order valence-corrected chi connectivity index (χ0v) is 12.2. The summed E-state index contributed by atoms with van der Waals surface area (Å²) in [7, 11) is -3.45. The highest BCUT2D eigenvalue weighted by molar-refractivity contribution is 7.89. The van der Waals surface area contributed by atoms with E-state index in [0.717, 1.165) is 31.2 Å². The van der Waals surface area contributed by atoms with Crippen molar-refractivity contribution >= 4 is 15.7 Å². The highest BCUT2D eigenvalue weighted by Crippen LogP contribution is 2.27. The number of benzene rings is 1. The van der Waals surface area contributed by atoms with Crippen LogP contribution >= 0.6 is 0 Å². The van der Waals surface area contributed by atoms with Gasteiger partial charge >= 0.3 is 0 Å². The Labute approximate surface area is 115 Å². The molecular formula is C14H22N2O2S. The molecule has 1 heterocycles. The molecule has 19 heavy (non-hydrogen) atoms. The van der Waals surface area contributed by atoms with Crippen molar-refractivity contribution in [3.05, 3.63) is 23.8 Å². The summed E-state index contributed by atoms with van der Waals surface area (Å²) < 4.78 is 27.1. The summed E-state index contributed by atoms with van der Waals surface area (Å²) in [5.74, 6) is 0. The standard InChI is InChI=1S/C14H22N2O2S/c1-12-8-7-9-13(15)14(12)19(17,18)16-10-5-3-2-4-6-11-16/h7-9H,2-6,10-11,15H2,1H3. The van der Waals surface area contributed by atoms with E-state index in [4.69, 9.17) is 5.73 Å². The van der Waals surface area contributed by atoms with Crippen LogP contribution in [-0.4, -0.2) is 25.8 Å². The number of aryl methyl sites for hydroxylation is 1. The molecule has 106 valence electrons. The molecule has 0 bridgehead atoms. The summed E-state index contributed by atoms with van der Waals surface area (Å²) in [4.78, 5) is 0.288. The summed E-state index contributed by atoms with van der Waals surface area (Å²) in [5.41, 5.74) is 6.95. The molecule has 0 aromatic heterocycles. The lowest BCUT2D eigenvalue weighted by atomic mass is 10.1. The van der Waals surface area contributed by atoms with Crippen molar-refractivity contribution in [1.82, 2.24) is 4.31 Å². The first-order chi connectivity index (χ1) is 9.03. The molecule has 2 rings (SSSR count). The number of anilines is 1. The van der Waals surface area contributed by atoms with E-state index >= 15 is 0 Å². The molecule has 1 aliphatic rings. The molecule has 0 atom stereocenters. The lowest BCUT2D eigenvalue weighted by Crippen LogP contribution is -2.34. The minimum Gasteiger partial charge on any atom is -0.398 e. The Morgan fingerprint density at radius 1 is 1.05 bits per heavy atom. The third-order valence-corrected chi connectivity index (χ3v) is 5.77. The molecule has 4 nitrogen and oxygen atoms in total. The molecule has 0 radical (unpaired) electrons. The average Bonchev–Trinajstić information content (AvgIpc) is 2.26. The van der Waals surface area contributed by atoms with E-state index in [2.05, 4.69) is 0 Å². The molecule has 0 unspecified atom stereocenters. The zero-order valence-electron chi connectivity index (χ0n) is 11.4. The maximum Gasteiger partial charge on any atom is 0.245 e. The van der Waals surface area contributed by atoms with E-state index in [0.29, 0.717) is 18.8 Å².